The van der Waals surface area contributed by atoms with Crippen molar-refractivity contribution in [2.75, 3.05) is 27.1 Å². The average molecular weight is 397 g/mol. The number of halogens is 1. The standard InChI is InChI=1S/C16H17BrN2O5/c1-22-6-7-23-8-24-12-5-4-10-9(13(12)17)2-3-11-14(10)18-19-15(11)16(20)21/h4-5H,2-3,6-8H2,1H3,(H,18,19)(H,20,21). The minimum Gasteiger partial charge on any atom is -0.477 e. The first-order valence-corrected chi connectivity index (χ1v) is 8.24. The van der Waals surface area contributed by atoms with Crippen LogP contribution in [0.1, 0.15) is 21.6 Å². The number of fused-ring (bicyclic) bond motifs is 3. The number of carboxylic acid groups (broad SMARTS) is 1. The Morgan fingerprint density at radius 1 is 1.33 bits per heavy atom. The number of carbonyl (C=O) groups is 1. The van der Waals surface area contributed by atoms with Crippen LogP contribution in [0, 0.1) is 0 Å². The van der Waals surface area contributed by atoms with E-state index >= 15 is 0 Å². The largest absolute Gasteiger partial charge is 0.477 e. The van der Waals surface area contributed by atoms with Crippen molar-refractivity contribution in [1.82, 2.24) is 10.2 Å². The third-order valence-corrected chi connectivity index (χ3v) is 4.77. The zero-order valence-corrected chi connectivity index (χ0v) is 14.7. The maximum absolute atomic E-state index is 11.2. The third-order valence-electron chi connectivity index (χ3n) is 3.90. The molecule has 0 amide bonds. The molecule has 1 aromatic heterocycles. The first-order chi connectivity index (χ1) is 11.6. The molecule has 24 heavy (non-hydrogen) atoms. The summed E-state index contributed by atoms with van der Waals surface area (Å²) in [7, 11) is 1.61. The number of nitrogens with one attached hydrogen (secondary N) is 1. The number of nitrogens with zero attached hydrogens (tertiary/aromatic N) is 1. The molecule has 0 saturated heterocycles. The number of methoxy groups -OCH3 is 1. The van der Waals surface area contributed by atoms with Gasteiger partial charge >= 0.3 is 5.97 Å². The molecule has 1 heterocycles. The predicted octanol–water partition coefficient (Wildman–Crippen LogP) is 2.64. The summed E-state index contributed by atoms with van der Waals surface area (Å²) in [4.78, 5) is 11.2. The highest BCUT2D eigenvalue weighted by Gasteiger charge is 2.27. The van der Waals surface area contributed by atoms with Gasteiger partial charge in [0.05, 0.1) is 23.4 Å². The van der Waals surface area contributed by atoms with Crippen LogP contribution in [-0.2, 0) is 22.3 Å². The Kier molecular flexibility index (Phi) is 5.17. The second-order valence-corrected chi connectivity index (χ2v) is 6.09. The molecule has 2 aromatic rings. The summed E-state index contributed by atoms with van der Waals surface area (Å²) in [6.45, 7) is 1.12. The summed E-state index contributed by atoms with van der Waals surface area (Å²) in [5.74, 6) is -0.303. The van der Waals surface area contributed by atoms with Gasteiger partial charge in [0, 0.05) is 18.2 Å². The van der Waals surface area contributed by atoms with Crippen LogP contribution < -0.4 is 4.74 Å². The molecule has 0 unspecified atom stereocenters. The Morgan fingerprint density at radius 3 is 2.88 bits per heavy atom. The summed E-state index contributed by atoms with van der Waals surface area (Å²) in [5.41, 5.74) is 3.58. The second kappa shape index (κ2) is 7.33. The Bertz CT molecular complexity index is 759. The van der Waals surface area contributed by atoms with Crippen LogP contribution in [0.4, 0.5) is 0 Å². The fourth-order valence-electron chi connectivity index (χ4n) is 2.74. The number of benzene rings is 1. The Labute approximate surface area is 147 Å². The number of hydrogen-bond donors (Lipinski definition) is 2. The van der Waals surface area contributed by atoms with E-state index in [9.17, 15) is 9.90 Å². The summed E-state index contributed by atoms with van der Waals surface area (Å²) >= 11 is 3.58. The Morgan fingerprint density at radius 2 is 2.12 bits per heavy atom. The van der Waals surface area contributed by atoms with Gasteiger partial charge in [0.15, 0.2) is 6.79 Å². The number of aromatic amines is 1. The van der Waals surface area contributed by atoms with Crippen molar-refractivity contribution in [3.63, 3.8) is 0 Å². The SMILES string of the molecule is COCCOCOc1ccc2c(c1Br)CCc1c-2n[nH]c1C(=O)O. The molecule has 0 saturated carbocycles. The Balaban J connectivity index is 1.81. The molecule has 0 bridgehead atoms. The molecular weight excluding hydrogens is 380 g/mol. The highest BCUT2D eigenvalue weighted by Crippen LogP contribution is 2.41. The van der Waals surface area contributed by atoms with Crippen molar-refractivity contribution in [2.24, 2.45) is 0 Å². The van der Waals surface area contributed by atoms with E-state index in [-0.39, 0.29) is 12.5 Å². The van der Waals surface area contributed by atoms with Crippen LogP contribution in [0.3, 0.4) is 0 Å². The van der Waals surface area contributed by atoms with Gasteiger partial charge in [-0.05, 0) is 46.5 Å². The minimum atomic E-state index is -0.987. The molecule has 0 radical (unpaired) electrons. The summed E-state index contributed by atoms with van der Waals surface area (Å²) < 4.78 is 16.7. The molecule has 0 fully saturated rings. The normalized spacial score (nSPS) is 12.6. The van der Waals surface area contributed by atoms with Gasteiger partial charge in [-0.15, -0.1) is 0 Å². The van der Waals surface area contributed by atoms with E-state index in [1.807, 2.05) is 12.1 Å². The first-order valence-electron chi connectivity index (χ1n) is 7.45. The Hall–Kier alpha value is -1.90. The van der Waals surface area contributed by atoms with Gasteiger partial charge in [-0.3, -0.25) is 5.10 Å². The lowest BCUT2D eigenvalue weighted by molar-refractivity contribution is -0.00882. The molecule has 0 atom stereocenters. The molecular formula is C16H17BrN2O5. The van der Waals surface area contributed by atoms with Crippen molar-refractivity contribution in [3.8, 4) is 17.0 Å². The molecule has 1 aromatic carbocycles. The molecule has 8 heteroatoms. The van der Waals surface area contributed by atoms with Crippen LogP contribution in [0.2, 0.25) is 0 Å². The van der Waals surface area contributed by atoms with Crippen LogP contribution in [0.5, 0.6) is 5.75 Å². The van der Waals surface area contributed by atoms with Gasteiger partial charge in [-0.2, -0.15) is 5.10 Å². The van der Waals surface area contributed by atoms with E-state index in [0.717, 1.165) is 21.2 Å². The molecule has 3 rings (SSSR count). The first kappa shape index (κ1) is 16.9. The van der Waals surface area contributed by atoms with Gasteiger partial charge in [-0.25, -0.2) is 4.79 Å². The summed E-state index contributed by atoms with van der Waals surface area (Å²) in [5, 5.41) is 16.0. The van der Waals surface area contributed by atoms with E-state index in [1.54, 1.807) is 7.11 Å². The topological polar surface area (TPSA) is 93.7 Å². The number of ether oxygens (including phenoxy) is 3. The lowest BCUT2D eigenvalue weighted by Gasteiger charge is -2.19. The van der Waals surface area contributed by atoms with E-state index in [1.165, 1.54) is 0 Å². The quantitative estimate of drug-likeness (QED) is 0.551. The molecule has 2 N–H and O–H groups in total. The maximum Gasteiger partial charge on any atom is 0.354 e. The van der Waals surface area contributed by atoms with Crippen molar-refractivity contribution in [2.45, 2.75) is 12.8 Å². The highest BCUT2D eigenvalue weighted by atomic mass is 79.9. The molecule has 1 aliphatic rings. The number of hydrogen-bond acceptors (Lipinski definition) is 5. The van der Waals surface area contributed by atoms with Gasteiger partial charge in [0.1, 0.15) is 11.4 Å². The van der Waals surface area contributed by atoms with Crippen molar-refractivity contribution in [1.29, 1.82) is 0 Å². The fourth-order valence-corrected chi connectivity index (χ4v) is 3.40. The minimum absolute atomic E-state index is 0.136. The van der Waals surface area contributed by atoms with E-state index in [4.69, 9.17) is 14.2 Å². The fraction of sp³-hybridized carbons (Fsp3) is 0.375. The van der Waals surface area contributed by atoms with E-state index in [2.05, 4.69) is 26.1 Å². The van der Waals surface area contributed by atoms with Gasteiger partial charge in [0.2, 0.25) is 0 Å². The van der Waals surface area contributed by atoms with Crippen molar-refractivity contribution >= 4 is 21.9 Å². The molecule has 1 aliphatic carbocycles. The van der Waals surface area contributed by atoms with E-state index < -0.39 is 5.97 Å². The maximum atomic E-state index is 11.2. The molecule has 7 nitrogen and oxygen atoms in total. The number of carboxylic acids is 1. The number of rotatable bonds is 7. The average Bonchev–Trinajstić information content (AvgIpc) is 3.01. The second-order valence-electron chi connectivity index (χ2n) is 5.30. The van der Waals surface area contributed by atoms with Crippen LogP contribution in [-0.4, -0.2) is 48.4 Å². The lowest BCUT2D eigenvalue weighted by atomic mass is 9.89. The molecule has 128 valence electrons. The zero-order valence-electron chi connectivity index (χ0n) is 13.1. The zero-order chi connectivity index (χ0) is 17.1. The number of aromatic nitrogens is 2. The van der Waals surface area contributed by atoms with Gasteiger partial charge in [0.25, 0.3) is 0 Å². The summed E-state index contributed by atoms with van der Waals surface area (Å²) in [6.07, 6.45) is 1.33. The predicted molar refractivity (Wildman–Crippen MR) is 89.4 cm³/mol. The van der Waals surface area contributed by atoms with E-state index in [0.29, 0.717) is 37.5 Å². The number of aromatic carboxylic acids is 1. The van der Waals surface area contributed by atoms with Crippen LogP contribution >= 0.6 is 15.9 Å². The van der Waals surface area contributed by atoms with Crippen molar-refractivity contribution in [3.05, 3.63) is 33.4 Å². The van der Waals surface area contributed by atoms with Crippen LogP contribution in [0.25, 0.3) is 11.3 Å². The lowest BCUT2D eigenvalue weighted by Crippen LogP contribution is -2.10. The highest BCUT2D eigenvalue weighted by molar-refractivity contribution is 9.10. The van der Waals surface area contributed by atoms with Gasteiger partial charge < -0.3 is 19.3 Å². The molecule has 0 spiro atoms. The van der Waals surface area contributed by atoms with Gasteiger partial charge in [-0.1, -0.05) is 0 Å². The third kappa shape index (κ3) is 3.17. The smallest absolute Gasteiger partial charge is 0.354 e. The van der Waals surface area contributed by atoms with Crippen molar-refractivity contribution < 1.29 is 24.1 Å². The number of H-pyrrole nitrogens is 1. The van der Waals surface area contributed by atoms with Crippen LogP contribution in [0.15, 0.2) is 16.6 Å². The monoisotopic (exact) mass is 396 g/mol. The summed E-state index contributed by atoms with van der Waals surface area (Å²) in [6, 6.07) is 3.72. The molecule has 0 aliphatic heterocycles.